The van der Waals surface area contributed by atoms with Gasteiger partial charge < -0.3 is 9.88 Å². The number of thioether (sulfide) groups is 1. The molecule has 2 aromatic carbocycles. The van der Waals surface area contributed by atoms with Gasteiger partial charge in [0.25, 0.3) is 0 Å². The summed E-state index contributed by atoms with van der Waals surface area (Å²) in [6.07, 6.45) is 0.966. The summed E-state index contributed by atoms with van der Waals surface area (Å²) in [5.74, 6) is 1.07. The van der Waals surface area contributed by atoms with Crippen molar-refractivity contribution in [1.29, 1.82) is 0 Å². The van der Waals surface area contributed by atoms with Gasteiger partial charge in [-0.05, 0) is 74.7 Å². The van der Waals surface area contributed by atoms with Gasteiger partial charge in [-0.2, -0.15) is 0 Å². The molecule has 0 saturated carbocycles. The van der Waals surface area contributed by atoms with Crippen molar-refractivity contribution in [3.8, 4) is 22.0 Å². The van der Waals surface area contributed by atoms with Crippen molar-refractivity contribution in [3.05, 3.63) is 63.8 Å². The second-order valence-electron chi connectivity index (χ2n) is 8.69. The molecule has 184 valence electrons. The summed E-state index contributed by atoms with van der Waals surface area (Å²) in [5, 5.41) is 15.7. The lowest BCUT2D eigenvalue weighted by atomic mass is 10.1. The van der Waals surface area contributed by atoms with E-state index < -0.39 is 0 Å². The molecule has 5 rings (SSSR count). The first-order valence-corrected chi connectivity index (χ1v) is 14.5. The van der Waals surface area contributed by atoms with E-state index in [-0.39, 0.29) is 11.7 Å². The summed E-state index contributed by atoms with van der Waals surface area (Å²) in [6, 6.07) is 14.2. The first kappa shape index (κ1) is 24.7. The van der Waals surface area contributed by atoms with Gasteiger partial charge >= 0.3 is 0 Å². The Hall–Kier alpha value is -3.01. The Balaban J connectivity index is 1.24. The van der Waals surface area contributed by atoms with Crippen LogP contribution in [0.5, 0.6) is 0 Å². The molecule has 9 heteroatoms. The number of thiazole rings is 1. The molecule has 0 aliphatic rings. The van der Waals surface area contributed by atoms with Crippen molar-refractivity contribution >= 4 is 56.2 Å². The molecule has 0 bridgehead atoms. The molecule has 3 aromatic heterocycles. The number of benzene rings is 2. The Morgan fingerprint density at radius 1 is 1.08 bits per heavy atom. The Kier molecular flexibility index (Phi) is 7.22. The van der Waals surface area contributed by atoms with Crippen LogP contribution in [-0.2, 0) is 11.3 Å². The van der Waals surface area contributed by atoms with Crippen LogP contribution in [0.2, 0.25) is 0 Å². The number of nitrogens with zero attached hydrogens (tertiary/aromatic N) is 4. The largest absolute Gasteiger partial charge is 0.325 e. The van der Waals surface area contributed by atoms with E-state index in [9.17, 15) is 4.79 Å². The molecule has 5 aromatic rings. The van der Waals surface area contributed by atoms with Crippen LogP contribution in [0.3, 0.4) is 0 Å². The lowest BCUT2D eigenvalue weighted by Crippen LogP contribution is -2.14. The highest BCUT2D eigenvalue weighted by Gasteiger charge is 2.18. The molecule has 6 nitrogen and oxygen atoms in total. The molecule has 1 N–H and O–H groups in total. The van der Waals surface area contributed by atoms with E-state index in [4.69, 9.17) is 4.98 Å². The third-order valence-electron chi connectivity index (χ3n) is 5.98. The number of anilines is 1. The van der Waals surface area contributed by atoms with Crippen LogP contribution in [0.1, 0.15) is 29.3 Å². The number of nitrogens with one attached hydrogen (secondary N) is 1. The zero-order chi connectivity index (χ0) is 25.2. The highest BCUT2D eigenvalue weighted by Crippen LogP contribution is 2.33. The minimum absolute atomic E-state index is 0.0710. The zero-order valence-corrected chi connectivity index (χ0v) is 23.1. The molecular weight excluding hydrogens is 507 g/mol. The molecule has 0 radical (unpaired) electrons. The van der Waals surface area contributed by atoms with E-state index in [0.717, 1.165) is 51.3 Å². The van der Waals surface area contributed by atoms with Crippen molar-refractivity contribution < 1.29 is 4.79 Å². The molecule has 0 fully saturated rings. The maximum atomic E-state index is 12.7. The maximum Gasteiger partial charge on any atom is 0.234 e. The standard InChI is InChI=1S/C27H27N5OS3/c1-5-12-32-25(21-14-34-18(4)17(21)3)30-31-27(32)35-15-24(33)28-20-9-7-19(8-10-20)26-29-22-11-6-16(2)13-23(22)36-26/h6-11,13-14H,5,12,15H2,1-4H3,(H,28,33). The van der Waals surface area contributed by atoms with Gasteiger partial charge in [0.2, 0.25) is 5.91 Å². The van der Waals surface area contributed by atoms with Gasteiger partial charge in [-0.15, -0.1) is 32.9 Å². The Morgan fingerprint density at radius 2 is 1.89 bits per heavy atom. The van der Waals surface area contributed by atoms with Gasteiger partial charge in [0.05, 0.1) is 16.0 Å². The third-order valence-corrected chi connectivity index (χ3v) is 9.03. The molecule has 0 spiro atoms. The Bertz CT molecular complexity index is 1530. The highest BCUT2D eigenvalue weighted by atomic mass is 32.2. The number of aromatic nitrogens is 4. The minimum Gasteiger partial charge on any atom is -0.325 e. The van der Waals surface area contributed by atoms with Crippen molar-refractivity contribution in [3.63, 3.8) is 0 Å². The topological polar surface area (TPSA) is 72.7 Å². The van der Waals surface area contributed by atoms with Crippen molar-refractivity contribution in [2.75, 3.05) is 11.1 Å². The van der Waals surface area contributed by atoms with Crippen LogP contribution in [-0.4, -0.2) is 31.4 Å². The summed E-state index contributed by atoms with van der Waals surface area (Å²) in [6.45, 7) is 9.28. The van der Waals surface area contributed by atoms with Gasteiger partial charge in [-0.1, -0.05) is 24.8 Å². The van der Waals surface area contributed by atoms with Crippen LogP contribution in [0, 0.1) is 20.8 Å². The summed E-state index contributed by atoms with van der Waals surface area (Å²) in [5.41, 5.74) is 6.41. The smallest absolute Gasteiger partial charge is 0.234 e. The number of thiophene rings is 1. The molecule has 0 unspecified atom stereocenters. The van der Waals surface area contributed by atoms with Crippen LogP contribution >= 0.6 is 34.4 Å². The average Bonchev–Trinajstić information content (AvgIpc) is 3.56. The molecule has 36 heavy (non-hydrogen) atoms. The van der Waals surface area contributed by atoms with Gasteiger partial charge in [0.15, 0.2) is 11.0 Å². The molecular formula is C27H27N5OS3. The van der Waals surface area contributed by atoms with E-state index in [0.29, 0.717) is 0 Å². The van der Waals surface area contributed by atoms with E-state index in [1.807, 2.05) is 24.3 Å². The van der Waals surface area contributed by atoms with Gasteiger partial charge in [0.1, 0.15) is 5.01 Å². The van der Waals surface area contributed by atoms with Crippen LogP contribution in [0.15, 0.2) is 53.0 Å². The number of amides is 1. The van der Waals surface area contributed by atoms with E-state index in [2.05, 4.69) is 71.4 Å². The molecule has 1 amide bonds. The number of hydrogen-bond acceptors (Lipinski definition) is 7. The fourth-order valence-electron chi connectivity index (χ4n) is 3.93. The molecule has 0 aliphatic heterocycles. The number of fused-ring (bicyclic) bond motifs is 1. The van der Waals surface area contributed by atoms with Gasteiger partial charge in [-0.3, -0.25) is 4.79 Å². The van der Waals surface area contributed by atoms with E-state index >= 15 is 0 Å². The lowest BCUT2D eigenvalue weighted by molar-refractivity contribution is -0.113. The van der Waals surface area contributed by atoms with Crippen molar-refractivity contribution in [2.45, 2.75) is 45.8 Å². The predicted molar refractivity (Wildman–Crippen MR) is 152 cm³/mol. The van der Waals surface area contributed by atoms with Crippen molar-refractivity contribution in [1.82, 2.24) is 19.7 Å². The van der Waals surface area contributed by atoms with Crippen LogP contribution in [0.4, 0.5) is 5.69 Å². The normalized spacial score (nSPS) is 11.3. The second kappa shape index (κ2) is 10.5. The monoisotopic (exact) mass is 533 g/mol. The van der Waals surface area contributed by atoms with E-state index in [1.165, 1.54) is 32.5 Å². The van der Waals surface area contributed by atoms with Crippen LogP contribution in [0.25, 0.3) is 32.2 Å². The molecule has 0 saturated heterocycles. The quantitative estimate of drug-likeness (QED) is 0.211. The summed E-state index contributed by atoms with van der Waals surface area (Å²) in [7, 11) is 0. The summed E-state index contributed by atoms with van der Waals surface area (Å²) < 4.78 is 3.31. The SMILES string of the molecule is CCCn1c(SCC(=O)Nc2ccc(-c3nc4ccc(C)cc4s3)cc2)nnc1-c1csc(C)c1C. The maximum absolute atomic E-state index is 12.7. The second-order valence-corrected chi connectivity index (χ2v) is 11.7. The Morgan fingerprint density at radius 3 is 2.61 bits per heavy atom. The Labute approximate surface area is 222 Å². The zero-order valence-electron chi connectivity index (χ0n) is 20.7. The summed E-state index contributed by atoms with van der Waals surface area (Å²) in [4.78, 5) is 18.7. The highest BCUT2D eigenvalue weighted by molar-refractivity contribution is 7.99. The lowest BCUT2D eigenvalue weighted by Gasteiger charge is -2.09. The number of carbonyl (C=O) groups is 1. The van der Waals surface area contributed by atoms with Gasteiger partial charge in [0, 0.05) is 33.6 Å². The first-order valence-electron chi connectivity index (χ1n) is 11.8. The van der Waals surface area contributed by atoms with E-state index in [1.54, 1.807) is 22.7 Å². The van der Waals surface area contributed by atoms with Crippen LogP contribution < -0.4 is 5.32 Å². The molecule has 0 aliphatic carbocycles. The number of hydrogen-bond donors (Lipinski definition) is 1. The first-order chi connectivity index (χ1) is 17.4. The van der Waals surface area contributed by atoms with Crippen molar-refractivity contribution in [2.24, 2.45) is 0 Å². The number of carbonyl (C=O) groups excluding carboxylic acids is 1. The van der Waals surface area contributed by atoms with Gasteiger partial charge in [-0.25, -0.2) is 4.98 Å². The third kappa shape index (κ3) is 5.09. The minimum atomic E-state index is -0.0710. The number of aryl methyl sites for hydroxylation is 2. The predicted octanol–water partition coefficient (Wildman–Crippen LogP) is 7.35. The molecule has 3 heterocycles. The molecule has 0 atom stereocenters. The average molecular weight is 534 g/mol. The fourth-order valence-corrected chi connectivity index (χ4v) is 6.63. The summed E-state index contributed by atoms with van der Waals surface area (Å²) >= 11 is 4.83. The fraction of sp³-hybridized carbons (Fsp3) is 0.259. The number of rotatable bonds is 8.